The Morgan fingerprint density at radius 2 is 1.60 bits per heavy atom. The van der Waals surface area contributed by atoms with E-state index in [-0.39, 0.29) is 6.54 Å². The molecule has 15 heavy (non-hydrogen) atoms. The lowest BCUT2D eigenvalue weighted by Crippen LogP contribution is -2.22. The number of aliphatic carboxylic acids is 3. The van der Waals surface area contributed by atoms with Crippen molar-refractivity contribution in [3.05, 3.63) is 0 Å². The molecule has 8 nitrogen and oxygen atoms in total. The predicted octanol–water partition coefficient (Wildman–Crippen LogP) is -1.80. The van der Waals surface area contributed by atoms with Crippen LogP contribution >= 0.6 is 0 Å². The van der Waals surface area contributed by atoms with Crippen molar-refractivity contribution in [1.82, 2.24) is 5.32 Å². The number of aliphatic hydroxyl groups excluding tert-OH is 1. The third-order valence-corrected chi connectivity index (χ3v) is 0.981. The van der Waals surface area contributed by atoms with Crippen LogP contribution in [0.2, 0.25) is 0 Å². The standard InChI is InChI=1S/C4H6O5.C3H7NO2/c5-2(4(8)9)1-3(6)7;1-4-2-3(5)6/h2,5H,1H2,(H,6,7)(H,8,9);4H,2H2,1H3,(H,5,6). The zero-order valence-electron chi connectivity index (χ0n) is 8.01. The van der Waals surface area contributed by atoms with E-state index in [4.69, 9.17) is 20.4 Å². The number of hydrogen-bond acceptors (Lipinski definition) is 5. The summed E-state index contributed by atoms with van der Waals surface area (Å²) in [5.41, 5.74) is 0. The van der Waals surface area contributed by atoms with Gasteiger partial charge in [0.15, 0.2) is 6.10 Å². The number of likely N-dealkylation sites (N-methyl/N-ethyl adjacent to an activating group) is 1. The van der Waals surface area contributed by atoms with Gasteiger partial charge in [0, 0.05) is 0 Å². The first-order valence-corrected chi connectivity index (χ1v) is 3.80. The molecule has 0 spiro atoms. The summed E-state index contributed by atoms with van der Waals surface area (Å²) in [5.74, 6) is -3.67. The summed E-state index contributed by atoms with van der Waals surface area (Å²) in [6.07, 6.45) is -2.54. The van der Waals surface area contributed by atoms with Gasteiger partial charge in [-0.3, -0.25) is 9.59 Å². The highest BCUT2D eigenvalue weighted by atomic mass is 16.4. The first-order chi connectivity index (χ1) is 6.81. The average molecular weight is 223 g/mol. The van der Waals surface area contributed by atoms with E-state index < -0.39 is 30.4 Å². The van der Waals surface area contributed by atoms with Gasteiger partial charge in [-0.05, 0) is 7.05 Å². The van der Waals surface area contributed by atoms with E-state index >= 15 is 0 Å². The van der Waals surface area contributed by atoms with Gasteiger partial charge in [0.05, 0.1) is 13.0 Å². The van der Waals surface area contributed by atoms with E-state index in [0.29, 0.717) is 0 Å². The van der Waals surface area contributed by atoms with Gasteiger partial charge in [0.25, 0.3) is 0 Å². The molecule has 1 atom stereocenters. The van der Waals surface area contributed by atoms with E-state index in [1.165, 1.54) is 0 Å². The number of carboxylic acid groups (broad SMARTS) is 3. The van der Waals surface area contributed by atoms with Crippen LogP contribution in [0.4, 0.5) is 0 Å². The highest BCUT2D eigenvalue weighted by Crippen LogP contribution is 1.89. The molecule has 0 aromatic heterocycles. The molecular formula is C7H13NO7. The van der Waals surface area contributed by atoms with Gasteiger partial charge in [-0.15, -0.1) is 0 Å². The van der Waals surface area contributed by atoms with Crippen molar-refractivity contribution in [3.63, 3.8) is 0 Å². The van der Waals surface area contributed by atoms with Crippen molar-refractivity contribution in [2.75, 3.05) is 13.6 Å². The predicted molar refractivity (Wildman–Crippen MR) is 47.5 cm³/mol. The fraction of sp³-hybridized carbons (Fsp3) is 0.571. The molecule has 5 N–H and O–H groups in total. The van der Waals surface area contributed by atoms with Crippen molar-refractivity contribution in [2.45, 2.75) is 12.5 Å². The zero-order valence-corrected chi connectivity index (χ0v) is 8.01. The smallest absolute Gasteiger partial charge is 0.333 e. The molecule has 0 aromatic carbocycles. The summed E-state index contributed by atoms with van der Waals surface area (Å²) < 4.78 is 0. The molecule has 0 aliphatic heterocycles. The summed E-state index contributed by atoms with van der Waals surface area (Å²) in [5, 5.41) is 34.5. The monoisotopic (exact) mass is 223 g/mol. The maximum atomic E-state index is 9.72. The minimum atomic E-state index is -1.79. The fourth-order valence-electron chi connectivity index (χ4n) is 0.404. The van der Waals surface area contributed by atoms with Crippen molar-refractivity contribution < 1.29 is 34.8 Å². The third-order valence-electron chi connectivity index (χ3n) is 0.981. The van der Waals surface area contributed by atoms with Crippen LogP contribution in [0.5, 0.6) is 0 Å². The summed E-state index contributed by atoms with van der Waals surface area (Å²) in [7, 11) is 1.59. The number of aliphatic hydroxyl groups is 1. The highest BCUT2D eigenvalue weighted by molar-refractivity contribution is 5.79. The van der Waals surface area contributed by atoms with Gasteiger partial charge in [-0.25, -0.2) is 4.79 Å². The number of hydrogen-bond donors (Lipinski definition) is 5. The summed E-state index contributed by atoms with van der Waals surface area (Å²) in [6.45, 7) is 0.0417. The molecule has 0 radical (unpaired) electrons. The molecule has 0 bridgehead atoms. The number of carbonyl (C=O) groups is 3. The second-order valence-electron chi connectivity index (χ2n) is 2.38. The molecule has 0 rings (SSSR count). The second-order valence-corrected chi connectivity index (χ2v) is 2.38. The lowest BCUT2D eigenvalue weighted by atomic mass is 10.3. The molecule has 0 amide bonds. The lowest BCUT2D eigenvalue weighted by molar-refractivity contribution is -0.152. The highest BCUT2D eigenvalue weighted by Gasteiger charge is 2.16. The third kappa shape index (κ3) is 15.1. The Labute approximate surface area is 85.1 Å². The normalized spacial score (nSPS) is 10.8. The van der Waals surface area contributed by atoms with Crippen LogP contribution in [0.1, 0.15) is 6.42 Å². The van der Waals surface area contributed by atoms with Crippen LogP contribution in [-0.4, -0.2) is 58.0 Å². The second kappa shape index (κ2) is 8.91. The molecule has 0 fully saturated rings. The van der Waals surface area contributed by atoms with Gasteiger partial charge in [0.2, 0.25) is 0 Å². The molecule has 1 unspecified atom stereocenters. The van der Waals surface area contributed by atoms with Crippen LogP contribution in [0.15, 0.2) is 0 Å². The van der Waals surface area contributed by atoms with Crippen molar-refractivity contribution in [1.29, 1.82) is 0 Å². The van der Waals surface area contributed by atoms with E-state index in [0.717, 1.165) is 0 Å². The number of nitrogens with one attached hydrogen (secondary N) is 1. The number of rotatable bonds is 5. The molecule has 88 valence electrons. The Morgan fingerprint density at radius 3 is 1.67 bits per heavy atom. The van der Waals surface area contributed by atoms with E-state index in [1.807, 2.05) is 0 Å². The summed E-state index contributed by atoms with van der Waals surface area (Å²) in [6, 6.07) is 0. The summed E-state index contributed by atoms with van der Waals surface area (Å²) >= 11 is 0. The molecule has 0 saturated carbocycles. The first kappa shape index (κ1) is 15.8. The molecule has 0 aromatic rings. The minimum absolute atomic E-state index is 0.0417. The quantitative estimate of drug-likeness (QED) is 0.367. The maximum absolute atomic E-state index is 9.72. The van der Waals surface area contributed by atoms with Gasteiger partial charge in [-0.1, -0.05) is 0 Å². The van der Waals surface area contributed by atoms with E-state index in [2.05, 4.69) is 5.32 Å². The Balaban J connectivity index is 0. The van der Waals surface area contributed by atoms with Gasteiger partial charge < -0.3 is 25.7 Å². The Hall–Kier alpha value is -1.67. The van der Waals surface area contributed by atoms with Crippen molar-refractivity contribution in [3.8, 4) is 0 Å². The molecule has 0 aliphatic rings. The molecule has 0 heterocycles. The molecule has 0 saturated heterocycles. The van der Waals surface area contributed by atoms with Crippen LogP contribution < -0.4 is 5.32 Å². The number of carboxylic acids is 3. The molecular weight excluding hydrogens is 210 g/mol. The Bertz CT molecular complexity index is 227. The van der Waals surface area contributed by atoms with Crippen molar-refractivity contribution in [2.24, 2.45) is 0 Å². The topological polar surface area (TPSA) is 144 Å². The van der Waals surface area contributed by atoms with Gasteiger partial charge in [-0.2, -0.15) is 0 Å². The minimum Gasteiger partial charge on any atom is -0.481 e. The van der Waals surface area contributed by atoms with Gasteiger partial charge in [0.1, 0.15) is 0 Å². The van der Waals surface area contributed by atoms with E-state index in [1.54, 1.807) is 7.05 Å². The largest absolute Gasteiger partial charge is 0.481 e. The fourth-order valence-corrected chi connectivity index (χ4v) is 0.404. The van der Waals surface area contributed by atoms with Crippen molar-refractivity contribution >= 4 is 17.9 Å². The molecule has 0 aliphatic carbocycles. The molecule has 8 heteroatoms. The maximum Gasteiger partial charge on any atom is 0.333 e. The Kier molecular flexibility index (Phi) is 9.37. The van der Waals surface area contributed by atoms with Crippen LogP contribution in [-0.2, 0) is 14.4 Å². The van der Waals surface area contributed by atoms with Crippen LogP contribution in [0.3, 0.4) is 0 Å². The zero-order chi connectivity index (χ0) is 12.4. The van der Waals surface area contributed by atoms with Crippen LogP contribution in [0, 0.1) is 0 Å². The van der Waals surface area contributed by atoms with E-state index in [9.17, 15) is 14.4 Å². The first-order valence-electron chi connectivity index (χ1n) is 3.80. The average Bonchev–Trinajstić information content (AvgIpc) is 2.03. The lowest BCUT2D eigenvalue weighted by Gasteiger charge is -1.97. The van der Waals surface area contributed by atoms with Crippen LogP contribution in [0.25, 0.3) is 0 Å². The Morgan fingerprint density at radius 1 is 1.13 bits per heavy atom. The SMILES string of the molecule is CNCC(=O)O.O=C(O)CC(O)C(=O)O. The van der Waals surface area contributed by atoms with Gasteiger partial charge >= 0.3 is 17.9 Å². The summed E-state index contributed by atoms with van der Waals surface area (Å²) in [4.78, 5) is 28.9.